The van der Waals surface area contributed by atoms with E-state index in [0.717, 1.165) is 12.8 Å². The summed E-state index contributed by atoms with van der Waals surface area (Å²) in [4.78, 5) is 11.7. The van der Waals surface area contributed by atoms with Crippen LogP contribution in [0.5, 0.6) is 0 Å². The Bertz CT molecular complexity index is 217. The van der Waals surface area contributed by atoms with Crippen LogP contribution in [0.3, 0.4) is 0 Å². The molecular formula is C9H17N3O. The molecule has 13 heavy (non-hydrogen) atoms. The molecule has 2 saturated heterocycles. The number of fused-ring (bicyclic) bond motifs is 2. The van der Waals surface area contributed by atoms with Crippen molar-refractivity contribution in [2.75, 3.05) is 14.1 Å². The fourth-order valence-electron chi connectivity index (χ4n) is 2.42. The van der Waals surface area contributed by atoms with E-state index in [9.17, 15) is 4.79 Å². The van der Waals surface area contributed by atoms with Gasteiger partial charge in [0.05, 0.1) is 5.92 Å². The second-order valence-corrected chi connectivity index (χ2v) is 4.26. The number of hydrazine groups is 1. The first-order valence-corrected chi connectivity index (χ1v) is 4.90. The van der Waals surface area contributed by atoms with E-state index in [0.29, 0.717) is 12.1 Å². The number of nitrogens with one attached hydrogen (secondary N) is 2. The Morgan fingerprint density at radius 3 is 2.69 bits per heavy atom. The molecule has 4 nitrogen and oxygen atoms in total. The van der Waals surface area contributed by atoms with Crippen molar-refractivity contribution in [3.05, 3.63) is 0 Å². The van der Waals surface area contributed by atoms with E-state index in [-0.39, 0.29) is 11.8 Å². The first-order chi connectivity index (χ1) is 6.16. The minimum atomic E-state index is 0.171. The number of carbonyl (C=O) groups excluding carboxylic acids is 1. The fraction of sp³-hybridized carbons (Fsp3) is 0.889. The highest BCUT2D eigenvalue weighted by molar-refractivity contribution is 5.79. The molecule has 0 aromatic heterocycles. The maximum absolute atomic E-state index is 11.7. The smallest absolute Gasteiger partial charge is 0.239 e. The van der Waals surface area contributed by atoms with Crippen LogP contribution in [0.2, 0.25) is 0 Å². The second-order valence-electron chi connectivity index (χ2n) is 4.26. The molecule has 3 atom stereocenters. The van der Waals surface area contributed by atoms with Crippen molar-refractivity contribution in [1.82, 2.24) is 15.8 Å². The summed E-state index contributed by atoms with van der Waals surface area (Å²) in [6.07, 6.45) is 3.43. The van der Waals surface area contributed by atoms with Gasteiger partial charge in [0.15, 0.2) is 0 Å². The highest BCUT2D eigenvalue weighted by atomic mass is 16.2. The third-order valence-corrected chi connectivity index (χ3v) is 2.97. The van der Waals surface area contributed by atoms with Gasteiger partial charge in [-0.1, -0.05) is 0 Å². The number of amides is 1. The topological polar surface area (TPSA) is 44.4 Å². The van der Waals surface area contributed by atoms with Crippen molar-refractivity contribution < 1.29 is 4.79 Å². The van der Waals surface area contributed by atoms with Crippen LogP contribution in [0, 0.1) is 5.92 Å². The molecule has 2 N–H and O–H groups in total. The molecule has 4 heteroatoms. The Hall–Kier alpha value is -0.610. The molecule has 3 unspecified atom stereocenters. The van der Waals surface area contributed by atoms with E-state index >= 15 is 0 Å². The van der Waals surface area contributed by atoms with E-state index in [4.69, 9.17) is 0 Å². The lowest BCUT2D eigenvalue weighted by molar-refractivity contribution is -0.129. The summed E-state index contributed by atoms with van der Waals surface area (Å²) < 4.78 is 0. The molecule has 0 spiro atoms. The Balaban J connectivity index is 1.91. The zero-order valence-corrected chi connectivity index (χ0v) is 8.21. The Morgan fingerprint density at radius 1 is 1.46 bits per heavy atom. The zero-order valence-electron chi connectivity index (χ0n) is 8.21. The van der Waals surface area contributed by atoms with Crippen molar-refractivity contribution in [2.45, 2.75) is 31.3 Å². The lowest BCUT2D eigenvalue weighted by Crippen LogP contribution is -2.43. The molecule has 0 saturated carbocycles. The van der Waals surface area contributed by atoms with Crippen molar-refractivity contribution in [2.24, 2.45) is 5.92 Å². The van der Waals surface area contributed by atoms with E-state index in [1.54, 1.807) is 5.01 Å². The van der Waals surface area contributed by atoms with E-state index in [1.165, 1.54) is 6.42 Å². The number of hydrogen-bond donors (Lipinski definition) is 2. The monoisotopic (exact) mass is 183 g/mol. The fourth-order valence-corrected chi connectivity index (χ4v) is 2.42. The summed E-state index contributed by atoms with van der Waals surface area (Å²) >= 11 is 0. The predicted molar refractivity (Wildman–Crippen MR) is 49.9 cm³/mol. The Labute approximate surface area is 78.6 Å². The molecule has 74 valence electrons. The van der Waals surface area contributed by atoms with E-state index in [2.05, 4.69) is 10.7 Å². The highest BCUT2D eigenvalue weighted by Gasteiger charge is 2.42. The summed E-state index contributed by atoms with van der Waals surface area (Å²) in [7, 11) is 3.69. The van der Waals surface area contributed by atoms with Crippen molar-refractivity contribution >= 4 is 5.91 Å². The number of nitrogens with zero attached hydrogens (tertiary/aromatic N) is 1. The van der Waals surface area contributed by atoms with Crippen LogP contribution in [-0.4, -0.2) is 37.1 Å². The van der Waals surface area contributed by atoms with Crippen molar-refractivity contribution in [3.63, 3.8) is 0 Å². The van der Waals surface area contributed by atoms with Gasteiger partial charge < -0.3 is 5.32 Å². The van der Waals surface area contributed by atoms with Crippen LogP contribution in [0.1, 0.15) is 19.3 Å². The number of hydrogen-bond acceptors (Lipinski definition) is 3. The molecule has 0 aliphatic carbocycles. The number of rotatable bonds is 2. The summed E-state index contributed by atoms with van der Waals surface area (Å²) in [6, 6.07) is 1.04. The lowest BCUT2D eigenvalue weighted by atomic mass is 9.89. The van der Waals surface area contributed by atoms with Crippen LogP contribution >= 0.6 is 0 Å². The van der Waals surface area contributed by atoms with Crippen LogP contribution in [0.4, 0.5) is 0 Å². The highest BCUT2D eigenvalue weighted by Crippen LogP contribution is 2.33. The van der Waals surface area contributed by atoms with E-state index < -0.39 is 0 Å². The first-order valence-electron chi connectivity index (χ1n) is 4.90. The molecule has 2 aliphatic rings. The minimum absolute atomic E-state index is 0.171. The molecule has 2 heterocycles. The Kier molecular flexibility index (Phi) is 2.26. The summed E-state index contributed by atoms with van der Waals surface area (Å²) in [5.74, 6) is 0.367. The molecule has 2 rings (SSSR count). The third kappa shape index (κ3) is 1.69. The van der Waals surface area contributed by atoms with Gasteiger partial charge in [-0.2, -0.15) is 0 Å². The molecule has 2 aliphatic heterocycles. The largest absolute Gasteiger partial charge is 0.310 e. The van der Waals surface area contributed by atoms with E-state index in [1.807, 2.05) is 14.1 Å². The average molecular weight is 183 g/mol. The van der Waals surface area contributed by atoms with Crippen LogP contribution in [-0.2, 0) is 4.79 Å². The van der Waals surface area contributed by atoms with Gasteiger partial charge in [-0.15, -0.1) is 0 Å². The molecule has 2 bridgehead atoms. The maximum atomic E-state index is 11.7. The molecule has 0 aromatic rings. The number of carbonyl (C=O) groups is 1. The maximum Gasteiger partial charge on any atom is 0.239 e. The summed E-state index contributed by atoms with van der Waals surface area (Å²) in [5.41, 5.74) is 2.82. The molecule has 2 fully saturated rings. The summed E-state index contributed by atoms with van der Waals surface area (Å²) in [6.45, 7) is 0. The van der Waals surface area contributed by atoms with Gasteiger partial charge >= 0.3 is 0 Å². The zero-order chi connectivity index (χ0) is 9.42. The van der Waals surface area contributed by atoms with Gasteiger partial charge in [-0.05, 0) is 19.3 Å². The van der Waals surface area contributed by atoms with Gasteiger partial charge in [0, 0.05) is 26.2 Å². The predicted octanol–water partition coefficient (Wildman–Crippen LogP) is -0.280. The SMILES string of the molecule is CN(C)NC(=O)C1CC2CCC1N2. The van der Waals surface area contributed by atoms with Gasteiger partial charge in [0.2, 0.25) is 5.91 Å². The first kappa shape index (κ1) is 8.97. The average Bonchev–Trinajstić information content (AvgIpc) is 2.62. The molecule has 0 aromatic carbocycles. The normalized spacial score (nSPS) is 37.0. The van der Waals surface area contributed by atoms with Crippen LogP contribution in [0.15, 0.2) is 0 Å². The van der Waals surface area contributed by atoms with Crippen molar-refractivity contribution in [3.8, 4) is 0 Å². The van der Waals surface area contributed by atoms with Gasteiger partial charge in [-0.3, -0.25) is 10.2 Å². The van der Waals surface area contributed by atoms with Gasteiger partial charge in [0.1, 0.15) is 0 Å². The van der Waals surface area contributed by atoms with Crippen molar-refractivity contribution in [1.29, 1.82) is 0 Å². The quantitative estimate of drug-likeness (QED) is 0.579. The standard InChI is InChI=1S/C9H17N3O/c1-12(2)11-9(13)7-5-6-3-4-8(7)10-6/h6-8,10H,3-5H2,1-2H3,(H,11,13). The van der Waals surface area contributed by atoms with Gasteiger partial charge in [-0.25, -0.2) is 5.01 Å². The summed E-state index contributed by atoms with van der Waals surface area (Å²) in [5, 5.41) is 5.17. The minimum Gasteiger partial charge on any atom is -0.310 e. The van der Waals surface area contributed by atoms with Crippen LogP contribution in [0.25, 0.3) is 0 Å². The third-order valence-electron chi connectivity index (χ3n) is 2.97. The molecule has 1 amide bonds. The molecular weight excluding hydrogens is 166 g/mol. The molecule has 0 radical (unpaired) electrons. The second kappa shape index (κ2) is 3.27. The Morgan fingerprint density at radius 2 is 2.23 bits per heavy atom. The van der Waals surface area contributed by atoms with Crippen LogP contribution < -0.4 is 10.7 Å². The van der Waals surface area contributed by atoms with Gasteiger partial charge in [0.25, 0.3) is 0 Å². The lowest BCUT2D eigenvalue weighted by Gasteiger charge is -2.21.